The van der Waals surface area contributed by atoms with Crippen LogP contribution in [0.15, 0.2) is 60.9 Å². The second-order valence-electron chi connectivity index (χ2n) is 8.59. The van der Waals surface area contributed by atoms with Gasteiger partial charge in [0.05, 0.1) is 22.8 Å². The van der Waals surface area contributed by atoms with Crippen LogP contribution < -0.4 is 21.9 Å². The fourth-order valence-corrected chi connectivity index (χ4v) is 5.06. The highest BCUT2D eigenvalue weighted by atomic mass is 19.1. The fourth-order valence-electron chi connectivity index (χ4n) is 5.06. The number of pyridine rings is 1. The first-order valence-corrected chi connectivity index (χ1v) is 10.9. The number of nitrogens with two attached hydrogens (primary N) is 1. The average Bonchev–Trinajstić information content (AvgIpc) is 3.43. The van der Waals surface area contributed by atoms with Gasteiger partial charge in [0.1, 0.15) is 11.6 Å². The third kappa shape index (κ3) is 3.24. The lowest BCUT2D eigenvalue weighted by atomic mass is 9.82. The highest BCUT2D eigenvalue weighted by molar-refractivity contribution is 5.92. The maximum atomic E-state index is 14.5. The normalized spacial score (nSPS) is 25.2. The molecule has 4 atom stereocenters. The molecule has 0 radical (unpaired) electrons. The van der Waals surface area contributed by atoms with E-state index >= 15 is 0 Å². The molecule has 162 valence electrons. The first-order chi connectivity index (χ1) is 15.7. The first-order valence-electron chi connectivity index (χ1n) is 10.9. The third-order valence-electron chi connectivity index (χ3n) is 6.63. The molecule has 8 heteroatoms. The van der Waals surface area contributed by atoms with Gasteiger partial charge in [-0.05, 0) is 30.2 Å². The minimum atomic E-state index is -0.248. The van der Waals surface area contributed by atoms with Crippen molar-refractivity contribution in [2.45, 2.75) is 24.5 Å². The number of nitrogens with one attached hydrogen (secondary N) is 4. The zero-order valence-corrected chi connectivity index (χ0v) is 17.3. The number of nitrogens with zero attached hydrogens (tertiary/aromatic N) is 2. The monoisotopic (exact) mass is 429 g/mol. The molecular weight excluding hydrogens is 405 g/mol. The SMILES string of the molecule is Nc1cncc(C2CC3C(CN2)NNC3c2nc3c(-c4ccccc4F)cccc3[nH]2)c1. The molecule has 6 N–H and O–H groups in total. The van der Waals surface area contributed by atoms with Crippen molar-refractivity contribution in [1.82, 2.24) is 31.1 Å². The lowest BCUT2D eigenvalue weighted by molar-refractivity contribution is 0.264. The van der Waals surface area contributed by atoms with Crippen LogP contribution in [0, 0.1) is 11.7 Å². The van der Waals surface area contributed by atoms with E-state index in [0.29, 0.717) is 17.2 Å². The van der Waals surface area contributed by atoms with Crippen LogP contribution in [0.5, 0.6) is 0 Å². The molecule has 0 aliphatic carbocycles. The van der Waals surface area contributed by atoms with Crippen LogP contribution in [0.25, 0.3) is 22.2 Å². The Morgan fingerprint density at radius 2 is 1.88 bits per heavy atom. The number of fused-ring (bicyclic) bond motifs is 2. The first kappa shape index (κ1) is 19.4. The van der Waals surface area contributed by atoms with Gasteiger partial charge in [0.15, 0.2) is 0 Å². The van der Waals surface area contributed by atoms with E-state index in [1.54, 1.807) is 18.3 Å². The highest BCUT2D eigenvalue weighted by Gasteiger charge is 2.42. The summed E-state index contributed by atoms with van der Waals surface area (Å²) in [5.74, 6) is 0.928. The summed E-state index contributed by atoms with van der Waals surface area (Å²) in [5.41, 5.74) is 17.6. The number of hydrazine groups is 1. The summed E-state index contributed by atoms with van der Waals surface area (Å²) in [7, 11) is 0. The molecule has 2 aliphatic heterocycles. The summed E-state index contributed by atoms with van der Waals surface area (Å²) >= 11 is 0. The van der Waals surface area contributed by atoms with Crippen molar-refractivity contribution in [1.29, 1.82) is 0 Å². The van der Waals surface area contributed by atoms with Gasteiger partial charge in [-0.3, -0.25) is 10.4 Å². The quantitative estimate of drug-likeness (QED) is 0.343. The van der Waals surface area contributed by atoms with Crippen molar-refractivity contribution in [3.8, 4) is 11.1 Å². The van der Waals surface area contributed by atoms with Gasteiger partial charge in [0, 0.05) is 48.1 Å². The summed E-state index contributed by atoms with van der Waals surface area (Å²) in [4.78, 5) is 12.7. The maximum Gasteiger partial charge on any atom is 0.131 e. The summed E-state index contributed by atoms with van der Waals surface area (Å²) < 4.78 is 14.5. The Bertz CT molecular complexity index is 1290. The molecule has 4 unspecified atom stereocenters. The number of hydrogen-bond donors (Lipinski definition) is 5. The number of piperidine rings is 1. The molecule has 6 rings (SSSR count). The molecule has 0 saturated carbocycles. The Hall–Kier alpha value is -3.33. The number of aromatic amines is 1. The molecule has 0 bridgehead atoms. The van der Waals surface area contributed by atoms with Gasteiger partial charge in [-0.2, -0.15) is 0 Å². The zero-order chi connectivity index (χ0) is 21.7. The largest absolute Gasteiger partial charge is 0.397 e. The number of para-hydroxylation sites is 1. The van der Waals surface area contributed by atoms with Crippen molar-refractivity contribution in [2.75, 3.05) is 12.3 Å². The number of H-pyrrole nitrogens is 1. The smallest absolute Gasteiger partial charge is 0.131 e. The molecule has 2 aliphatic rings. The molecule has 4 aromatic rings. The summed E-state index contributed by atoms with van der Waals surface area (Å²) in [5, 5.41) is 3.60. The van der Waals surface area contributed by atoms with E-state index in [1.807, 2.05) is 36.5 Å². The van der Waals surface area contributed by atoms with Gasteiger partial charge < -0.3 is 16.0 Å². The van der Waals surface area contributed by atoms with Gasteiger partial charge in [-0.1, -0.05) is 30.3 Å². The maximum absolute atomic E-state index is 14.5. The van der Waals surface area contributed by atoms with Crippen LogP contribution >= 0.6 is 0 Å². The van der Waals surface area contributed by atoms with E-state index in [0.717, 1.165) is 41.0 Å². The van der Waals surface area contributed by atoms with Crippen molar-refractivity contribution >= 4 is 16.7 Å². The molecule has 2 aromatic carbocycles. The molecule has 7 nitrogen and oxygen atoms in total. The Balaban J connectivity index is 1.34. The van der Waals surface area contributed by atoms with E-state index in [1.165, 1.54) is 6.07 Å². The van der Waals surface area contributed by atoms with Gasteiger partial charge in [-0.25, -0.2) is 14.8 Å². The summed E-state index contributed by atoms with van der Waals surface area (Å²) in [6.45, 7) is 0.828. The van der Waals surface area contributed by atoms with Crippen LogP contribution in [-0.4, -0.2) is 27.5 Å². The molecule has 32 heavy (non-hydrogen) atoms. The van der Waals surface area contributed by atoms with Crippen LogP contribution in [0.4, 0.5) is 10.1 Å². The molecule has 2 saturated heterocycles. The van der Waals surface area contributed by atoms with Gasteiger partial charge in [0.25, 0.3) is 0 Å². The van der Waals surface area contributed by atoms with E-state index in [4.69, 9.17) is 10.7 Å². The number of aromatic nitrogens is 3. The summed E-state index contributed by atoms with van der Waals surface area (Å²) in [6.07, 6.45) is 4.46. The lowest BCUT2D eigenvalue weighted by Gasteiger charge is -2.34. The fraction of sp³-hybridized carbons (Fsp3) is 0.250. The van der Waals surface area contributed by atoms with E-state index < -0.39 is 0 Å². The van der Waals surface area contributed by atoms with E-state index in [-0.39, 0.29) is 23.9 Å². The zero-order valence-electron chi connectivity index (χ0n) is 17.3. The van der Waals surface area contributed by atoms with Crippen LogP contribution in [0.2, 0.25) is 0 Å². The van der Waals surface area contributed by atoms with Crippen LogP contribution in [-0.2, 0) is 0 Å². The second kappa shape index (κ2) is 7.67. The number of rotatable bonds is 3. The summed E-state index contributed by atoms with van der Waals surface area (Å²) in [6, 6.07) is 15.1. The Morgan fingerprint density at radius 1 is 1.00 bits per heavy atom. The van der Waals surface area contributed by atoms with Crippen molar-refractivity contribution < 1.29 is 4.39 Å². The second-order valence-corrected chi connectivity index (χ2v) is 8.59. The highest BCUT2D eigenvalue weighted by Crippen LogP contribution is 2.39. The average molecular weight is 430 g/mol. The molecule has 0 spiro atoms. The van der Waals surface area contributed by atoms with Gasteiger partial charge in [-0.15, -0.1) is 0 Å². The molecule has 2 aromatic heterocycles. The minimum Gasteiger partial charge on any atom is -0.397 e. The van der Waals surface area contributed by atoms with Crippen LogP contribution in [0.3, 0.4) is 0 Å². The topological polar surface area (TPSA) is 104 Å². The van der Waals surface area contributed by atoms with E-state index in [9.17, 15) is 4.39 Å². The number of nitrogen functional groups attached to an aromatic ring is 1. The number of hydrogen-bond acceptors (Lipinski definition) is 6. The molecular formula is C24H24FN7. The van der Waals surface area contributed by atoms with Crippen molar-refractivity contribution in [3.63, 3.8) is 0 Å². The van der Waals surface area contributed by atoms with Gasteiger partial charge in [0.2, 0.25) is 0 Å². The molecule has 4 heterocycles. The van der Waals surface area contributed by atoms with E-state index in [2.05, 4.69) is 26.1 Å². The van der Waals surface area contributed by atoms with Gasteiger partial charge >= 0.3 is 0 Å². The Labute approximate surface area is 184 Å². The lowest BCUT2D eigenvalue weighted by Crippen LogP contribution is -2.46. The third-order valence-corrected chi connectivity index (χ3v) is 6.63. The number of benzene rings is 2. The van der Waals surface area contributed by atoms with Crippen molar-refractivity contribution in [2.24, 2.45) is 5.92 Å². The van der Waals surface area contributed by atoms with Crippen molar-refractivity contribution in [3.05, 3.63) is 78.1 Å². The predicted octanol–water partition coefficient (Wildman–Crippen LogP) is 3.21. The Kier molecular flexibility index (Phi) is 4.64. The minimum absolute atomic E-state index is 0.0134. The number of imidazole rings is 1. The number of anilines is 1. The molecule has 2 fully saturated rings. The number of halogens is 1. The predicted molar refractivity (Wildman–Crippen MR) is 122 cm³/mol. The standard InChI is InChI=1S/C24H24FN7/c25-18-6-2-1-4-15(18)16-5-3-7-19-22(16)30-24(29-19)23-17-9-20(28-12-21(17)31-32-23)13-8-14(26)11-27-10-13/h1-8,10-11,17,20-21,23,28,31-32H,9,12,26H2,(H,29,30). The van der Waals surface area contributed by atoms with Crippen LogP contribution in [0.1, 0.15) is 29.9 Å². The molecule has 0 amide bonds. The Morgan fingerprint density at radius 3 is 2.75 bits per heavy atom.